The van der Waals surface area contributed by atoms with Crippen LogP contribution in [0.5, 0.6) is 0 Å². The number of hydrogen-bond donors (Lipinski definition) is 1. The summed E-state index contributed by atoms with van der Waals surface area (Å²) in [6, 6.07) is 0.507. The van der Waals surface area contributed by atoms with Gasteiger partial charge in [-0.3, -0.25) is 4.99 Å². The smallest absolute Gasteiger partial charge is 0.157 e. The molecule has 0 aromatic rings. The molecule has 2 saturated heterocycles. The molecule has 0 bridgehead atoms. The van der Waals surface area contributed by atoms with Gasteiger partial charge < -0.3 is 10.2 Å². The minimum Gasteiger partial charge on any atom is -0.359 e. The van der Waals surface area contributed by atoms with Gasteiger partial charge in [-0.05, 0) is 39.8 Å². The SMILES string of the molecule is CCC1(C)CSC(=NC2CCCN(C)C2)N1. The first-order valence-corrected chi connectivity index (χ1v) is 7.27. The Balaban J connectivity index is 1.93. The van der Waals surface area contributed by atoms with Crippen LogP contribution in [0, 0.1) is 0 Å². The van der Waals surface area contributed by atoms with Crippen molar-refractivity contribution < 1.29 is 0 Å². The standard InChI is InChI=1S/C12H23N3S/c1-4-12(2)9-16-11(14-12)13-10-6-5-7-15(3)8-10/h10H,4-9H2,1-3H3,(H,13,14). The minimum atomic E-state index is 0.268. The third-order valence-electron chi connectivity index (χ3n) is 3.62. The van der Waals surface area contributed by atoms with Crippen molar-refractivity contribution in [1.29, 1.82) is 0 Å². The van der Waals surface area contributed by atoms with E-state index in [4.69, 9.17) is 4.99 Å². The van der Waals surface area contributed by atoms with E-state index in [-0.39, 0.29) is 5.54 Å². The quantitative estimate of drug-likeness (QED) is 0.801. The fourth-order valence-corrected chi connectivity index (χ4v) is 3.50. The van der Waals surface area contributed by atoms with Crippen molar-refractivity contribution in [3.63, 3.8) is 0 Å². The number of nitrogens with one attached hydrogen (secondary N) is 1. The summed E-state index contributed by atoms with van der Waals surface area (Å²) in [6.07, 6.45) is 3.70. The molecule has 0 saturated carbocycles. The summed E-state index contributed by atoms with van der Waals surface area (Å²) < 4.78 is 0. The second kappa shape index (κ2) is 4.96. The number of piperidine rings is 1. The molecule has 2 unspecified atom stereocenters. The van der Waals surface area contributed by atoms with Crippen LogP contribution >= 0.6 is 11.8 Å². The summed E-state index contributed by atoms with van der Waals surface area (Å²) in [4.78, 5) is 7.24. The Hall–Kier alpha value is -0.220. The molecular formula is C12H23N3S. The van der Waals surface area contributed by atoms with E-state index in [1.807, 2.05) is 11.8 Å². The molecule has 0 radical (unpaired) electrons. The lowest BCUT2D eigenvalue weighted by molar-refractivity contribution is 0.253. The number of thioether (sulfide) groups is 1. The van der Waals surface area contributed by atoms with Gasteiger partial charge in [0.2, 0.25) is 0 Å². The molecule has 2 aliphatic rings. The van der Waals surface area contributed by atoms with E-state index >= 15 is 0 Å². The molecule has 4 heteroatoms. The van der Waals surface area contributed by atoms with Crippen LogP contribution in [-0.4, -0.2) is 47.5 Å². The Bertz CT molecular complexity index is 279. The molecule has 0 aromatic heterocycles. The second-order valence-electron chi connectivity index (χ2n) is 5.32. The number of likely N-dealkylation sites (tertiary alicyclic amines) is 1. The maximum Gasteiger partial charge on any atom is 0.157 e. The van der Waals surface area contributed by atoms with Gasteiger partial charge in [-0.1, -0.05) is 18.7 Å². The van der Waals surface area contributed by atoms with Gasteiger partial charge in [0.1, 0.15) is 0 Å². The van der Waals surface area contributed by atoms with Crippen molar-refractivity contribution in [1.82, 2.24) is 10.2 Å². The summed E-state index contributed by atoms with van der Waals surface area (Å²) >= 11 is 1.89. The highest BCUT2D eigenvalue weighted by atomic mass is 32.2. The predicted octanol–water partition coefficient (Wildman–Crippen LogP) is 1.94. The van der Waals surface area contributed by atoms with Crippen molar-refractivity contribution in [3.8, 4) is 0 Å². The molecule has 3 nitrogen and oxygen atoms in total. The summed E-state index contributed by atoms with van der Waals surface area (Å²) in [5, 5.41) is 4.74. The van der Waals surface area contributed by atoms with Crippen molar-refractivity contribution in [3.05, 3.63) is 0 Å². The molecule has 0 aliphatic carbocycles. The van der Waals surface area contributed by atoms with E-state index in [0.717, 1.165) is 12.3 Å². The number of amidine groups is 1. The molecular weight excluding hydrogens is 218 g/mol. The zero-order valence-corrected chi connectivity index (χ0v) is 11.4. The molecule has 2 atom stereocenters. The summed E-state index contributed by atoms with van der Waals surface area (Å²) in [6.45, 7) is 6.88. The van der Waals surface area contributed by atoms with Gasteiger partial charge in [0.05, 0.1) is 6.04 Å². The van der Waals surface area contributed by atoms with E-state index in [0.29, 0.717) is 6.04 Å². The fraction of sp³-hybridized carbons (Fsp3) is 0.917. The van der Waals surface area contributed by atoms with E-state index in [9.17, 15) is 0 Å². The second-order valence-corrected chi connectivity index (χ2v) is 6.28. The third kappa shape index (κ3) is 2.92. The van der Waals surface area contributed by atoms with Crippen LogP contribution < -0.4 is 5.32 Å². The van der Waals surface area contributed by atoms with Gasteiger partial charge in [-0.15, -0.1) is 0 Å². The Morgan fingerprint density at radius 2 is 2.44 bits per heavy atom. The monoisotopic (exact) mass is 241 g/mol. The van der Waals surface area contributed by atoms with Crippen LogP contribution in [-0.2, 0) is 0 Å². The van der Waals surface area contributed by atoms with Crippen molar-refractivity contribution >= 4 is 16.9 Å². The lowest BCUT2D eigenvalue weighted by Crippen LogP contribution is -2.41. The molecule has 0 amide bonds. The Morgan fingerprint density at radius 3 is 3.06 bits per heavy atom. The first kappa shape index (κ1) is 12.2. The zero-order chi connectivity index (χ0) is 11.6. The van der Waals surface area contributed by atoms with Gasteiger partial charge >= 0.3 is 0 Å². The topological polar surface area (TPSA) is 27.6 Å². The molecule has 2 rings (SSSR count). The normalized spacial score (nSPS) is 38.9. The lowest BCUT2D eigenvalue weighted by atomic mass is 10.0. The van der Waals surface area contributed by atoms with Crippen LogP contribution in [0.3, 0.4) is 0 Å². The van der Waals surface area contributed by atoms with Crippen LogP contribution in [0.4, 0.5) is 0 Å². The maximum atomic E-state index is 4.86. The molecule has 2 aliphatic heterocycles. The summed E-state index contributed by atoms with van der Waals surface area (Å²) in [5.41, 5.74) is 0.268. The minimum absolute atomic E-state index is 0.268. The Kier molecular flexibility index (Phi) is 3.80. The van der Waals surface area contributed by atoms with E-state index in [1.54, 1.807) is 0 Å². The van der Waals surface area contributed by atoms with Gasteiger partial charge in [0.15, 0.2) is 5.17 Å². The first-order valence-electron chi connectivity index (χ1n) is 6.28. The summed E-state index contributed by atoms with van der Waals surface area (Å²) in [5.74, 6) is 1.16. The molecule has 2 fully saturated rings. The largest absolute Gasteiger partial charge is 0.359 e. The van der Waals surface area contributed by atoms with Gasteiger partial charge in [-0.2, -0.15) is 0 Å². The number of nitrogens with zero attached hydrogens (tertiary/aromatic N) is 2. The molecule has 2 heterocycles. The molecule has 0 aromatic carbocycles. The van der Waals surface area contributed by atoms with Crippen molar-refractivity contribution in [2.45, 2.75) is 44.7 Å². The van der Waals surface area contributed by atoms with Gasteiger partial charge in [0.25, 0.3) is 0 Å². The average molecular weight is 241 g/mol. The Morgan fingerprint density at radius 1 is 1.62 bits per heavy atom. The molecule has 1 N–H and O–H groups in total. The van der Waals surface area contributed by atoms with Crippen LogP contribution in [0.25, 0.3) is 0 Å². The highest BCUT2D eigenvalue weighted by Gasteiger charge is 2.31. The fourth-order valence-electron chi connectivity index (χ4n) is 2.23. The lowest BCUT2D eigenvalue weighted by Gasteiger charge is -2.27. The molecule has 92 valence electrons. The zero-order valence-electron chi connectivity index (χ0n) is 10.6. The van der Waals surface area contributed by atoms with Crippen molar-refractivity contribution in [2.75, 3.05) is 25.9 Å². The number of hydrogen-bond acceptors (Lipinski definition) is 3. The van der Waals surface area contributed by atoms with Gasteiger partial charge in [0, 0.05) is 17.8 Å². The van der Waals surface area contributed by atoms with E-state index < -0.39 is 0 Å². The highest BCUT2D eigenvalue weighted by Crippen LogP contribution is 2.26. The maximum absolute atomic E-state index is 4.86. The Labute approximate surface area is 103 Å². The third-order valence-corrected chi connectivity index (χ3v) is 4.88. The van der Waals surface area contributed by atoms with E-state index in [2.05, 4.69) is 31.1 Å². The summed E-state index contributed by atoms with van der Waals surface area (Å²) in [7, 11) is 2.19. The first-order chi connectivity index (χ1) is 7.61. The van der Waals surface area contributed by atoms with Crippen LogP contribution in [0.1, 0.15) is 33.1 Å². The number of rotatable bonds is 2. The molecule has 0 spiro atoms. The number of likely N-dealkylation sites (N-methyl/N-ethyl adjacent to an activating group) is 1. The van der Waals surface area contributed by atoms with Gasteiger partial charge in [-0.25, -0.2) is 0 Å². The highest BCUT2D eigenvalue weighted by molar-refractivity contribution is 8.14. The predicted molar refractivity (Wildman–Crippen MR) is 72.2 cm³/mol. The van der Waals surface area contributed by atoms with E-state index in [1.165, 1.54) is 31.0 Å². The number of aliphatic imine (C=N–C) groups is 1. The molecule has 16 heavy (non-hydrogen) atoms. The average Bonchev–Trinajstić information content (AvgIpc) is 2.61. The van der Waals surface area contributed by atoms with Crippen molar-refractivity contribution in [2.24, 2.45) is 4.99 Å². The van der Waals surface area contributed by atoms with Crippen LogP contribution in [0.2, 0.25) is 0 Å². The van der Waals surface area contributed by atoms with Crippen LogP contribution in [0.15, 0.2) is 4.99 Å².